The number of hydrogen-bond acceptors (Lipinski definition) is 2. The van der Waals surface area contributed by atoms with Gasteiger partial charge < -0.3 is 4.57 Å². The van der Waals surface area contributed by atoms with E-state index in [0.717, 1.165) is 25.3 Å². The summed E-state index contributed by atoms with van der Waals surface area (Å²) < 4.78 is 4.10. The van der Waals surface area contributed by atoms with E-state index >= 15 is 0 Å². The Labute approximate surface area is 83.2 Å². The highest BCUT2D eigenvalue weighted by Gasteiger charge is 1.99. The minimum Gasteiger partial charge on any atom is -0.333 e. The van der Waals surface area contributed by atoms with Crippen LogP contribution in [0.2, 0.25) is 0 Å². The maximum atomic E-state index is 4.27. The molecule has 4 heteroatoms. The zero-order chi connectivity index (χ0) is 9.80. The molecule has 0 aliphatic carbocycles. The molecule has 0 aliphatic rings. The van der Waals surface area contributed by atoms with Crippen LogP contribution in [0.3, 0.4) is 0 Å². The molecule has 0 saturated carbocycles. The second-order valence-corrected chi connectivity index (χ2v) is 3.16. The van der Waals surface area contributed by atoms with Crippen molar-refractivity contribution in [2.45, 2.75) is 26.4 Å². The molecule has 14 heavy (non-hydrogen) atoms. The van der Waals surface area contributed by atoms with E-state index < -0.39 is 0 Å². The summed E-state index contributed by atoms with van der Waals surface area (Å²) in [5.74, 6) is 1.14. The van der Waals surface area contributed by atoms with Gasteiger partial charge in [-0.25, -0.2) is 4.98 Å². The van der Waals surface area contributed by atoms with E-state index in [-0.39, 0.29) is 0 Å². The Balaban J connectivity index is 1.98. The first-order valence-corrected chi connectivity index (χ1v) is 4.87. The lowest BCUT2D eigenvalue weighted by Gasteiger charge is -2.05. The van der Waals surface area contributed by atoms with E-state index in [9.17, 15) is 0 Å². The van der Waals surface area contributed by atoms with Gasteiger partial charge >= 0.3 is 0 Å². The van der Waals surface area contributed by atoms with Crippen LogP contribution in [0.15, 0.2) is 30.9 Å². The predicted octanol–water partition coefficient (Wildman–Crippen LogP) is 1.34. The Bertz CT molecular complexity index is 374. The summed E-state index contributed by atoms with van der Waals surface area (Å²) in [7, 11) is 0. The summed E-state index contributed by atoms with van der Waals surface area (Å²) in [5.41, 5.74) is 0. The van der Waals surface area contributed by atoms with Gasteiger partial charge in [-0.1, -0.05) is 6.92 Å². The maximum Gasteiger partial charge on any atom is 0.108 e. The number of imidazole rings is 1. The van der Waals surface area contributed by atoms with Crippen LogP contribution >= 0.6 is 0 Å². The Hall–Kier alpha value is -1.58. The van der Waals surface area contributed by atoms with Crippen LogP contribution in [0.25, 0.3) is 0 Å². The summed E-state index contributed by atoms with van der Waals surface area (Å²) >= 11 is 0. The Morgan fingerprint density at radius 1 is 1.21 bits per heavy atom. The van der Waals surface area contributed by atoms with Crippen molar-refractivity contribution in [3.05, 3.63) is 36.7 Å². The topological polar surface area (TPSA) is 35.6 Å². The first-order valence-electron chi connectivity index (χ1n) is 4.87. The van der Waals surface area contributed by atoms with E-state index in [4.69, 9.17) is 0 Å². The third kappa shape index (κ3) is 1.84. The SMILES string of the molecule is CCc1nccn1CCn1cccn1. The van der Waals surface area contributed by atoms with Gasteiger partial charge in [0.1, 0.15) is 5.82 Å². The molecule has 0 unspecified atom stereocenters. The lowest BCUT2D eigenvalue weighted by atomic mass is 10.4. The molecule has 0 aromatic carbocycles. The van der Waals surface area contributed by atoms with Crippen LogP contribution in [0.4, 0.5) is 0 Å². The standard InChI is InChI=1S/C10H14N4/c1-2-10-11-5-7-13(10)8-9-14-6-3-4-12-14/h3-7H,2,8-9H2,1H3. The van der Waals surface area contributed by atoms with Gasteiger partial charge in [-0.2, -0.15) is 5.10 Å². The van der Waals surface area contributed by atoms with Crippen LogP contribution in [-0.4, -0.2) is 19.3 Å². The van der Waals surface area contributed by atoms with Crippen LogP contribution in [0, 0.1) is 0 Å². The number of hydrogen-bond donors (Lipinski definition) is 0. The zero-order valence-electron chi connectivity index (χ0n) is 8.30. The second-order valence-electron chi connectivity index (χ2n) is 3.16. The van der Waals surface area contributed by atoms with Crippen molar-refractivity contribution in [1.82, 2.24) is 19.3 Å². The van der Waals surface area contributed by atoms with E-state index in [1.54, 1.807) is 6.20 Å². The molecular weight excluding hydrogens is 176 g/mol. The molecule has 0 atom stereocenters. The van der Waals surface area contributed by atoms with Crippen molar-refractivity contribution in [1.29, 1.82) is 0 Å². The van der Waals surface area contributed by atoms with Gasteiger partial charge in [-0.15, -0.1) is 0 Å². The monoisotopic (exact) mass is 190 g/mol. The number of nitrogens with zero attached hydrogens (tertiary/aromatic N) is 4. The highest BCUT2D eigenvalue weighted by Crippen LogP contribution is 1.99. The minimum absolute atomic E-state index is 0.899. The first kappa shape index (κ1) is 8.99. The van der Waals surface area contributed by atoms with Gasteiger partial charge in [-0.05, 0) is 6.07 Å². The van der Waals surface area contributed by atoms with E-state index in [0.29, 0.717) is 0 Å². The van der Waals surface area contributed by atoms with Crippen molar-refractivity contribution in [3.63, 3.8) is 0 Å². The molecule has 74 valence electrons. The molecule has 0 aliphatic heterocycles. The predicted molar refractivity (Wildman–Crippen MR) is 53.8 cm³/mol. The highest BCUT2D eigenvalue weighted by atomic mass is 15.3. The minimum atomic E-state index is 0.899. The van der Waals surface area contributed by atoms with Crippen LogP contribution in [0.5, 0.6) is 0 Å². The summed E-state index contributed by atoms with van der Waals surface area (Å²) in [4.78, 5) is 4.27. The fourth-order valence-electron chi connectivity index (χ4n) is 1.50. The van der Waals surface area contributed by atoms with Gasteiger partial charge in [0.15, 0.2) is 0 Å². The largest absolute Gasteiger partial charge is 0.333 e. The number of rotatable bonds is 4. The van der Waals surface area contributed by atoms with Gasteiger partial charge in [0.25, 0.3) is 0 Å². The molecule has 4 nitrogen and oxygen atoms in total. The lowest BCUT2D eigenvalue weighted by molar-refractivity contribution is 0.521. The summed E-state index contributed by atoms with van der Waals surface area (Å²) in [5, 5.41) is 4.15. The molecule has 0 bridgehead atoms. The highest BCUT2D eigenvalue weighted by molar-refractivity contribution is 4.91. The quantitative estimate of drug-likeness (QED) is 0.729. The summed E-state index contributed by atoms with van der Waals surface area (Å²) in [6.07, 6.45) is 8.62. The second kappa shape index (κ2) is 4.09. The van der Waals surface area contributed by atoms with Gasteiger partial charge in [0.05, 0.1) is 6.54 Å². The Kier molecular flexibility index (Phi) is 2.62. The number of aryl methyl sites for hydroxylation is 3. The third-order valence-electron chi connectivity index (χ3n) is 2.25. The molecule has 2 aromatic heterocycles. The van der Waals surface area contributed by atoms with Crippen molar-refractivity contribution in [2.75, 3.05) is 0 Å². The average Bonchev–Trinajstić information content (AvgIpc) is 2.85. The van der Waals surface area contributed by atoms with E-state index in [1.807, 2.05) is 29.3 Å². The molecule has 0 N–H and O–H groups in total. The summed E-state index contributed by atoms with van der Waals surface area (Å²) in [6.45, 7) is 3.95. The first-order chi connectivity index (χ1) is 6.90. The molecule has 0 fully saturated rings. The molecular formula is C10H14N4. The smallest absolute Gasteiger partial charge is 0.108 e. The molecule has 2 rings (SSSR count). The molecule has 0 saturated heterocycles. The normalized spacial score (nSPS) is 10.6. The zero-order valence-corrected chi connectivity index (χ0v) is 8.30. The lowest BCUT2D eigenvalue weighted by Crippen LogP contribution is -2.09. The van der Waals surface area contributed by atoms with Crippen LogP contribution < -0.4 is 0 Å². The van der Waals surface area contributed by atoms with Gasteiger partial charge in [0, 0.05) is 37.8 Å². The molecule has 2 heterocycles. The van der Waals surface area contributed by atoms with E-state index in [1.165, 1.54) is 0 Å². The van der Waals surface area contributed by atoms with E-state index in [2.05, 4.69) is 21.6 Å². The number of aromatic nitrogens is 4. The van der Waals surface area contributed by atoms with Crippen LogP contribution in [0.1, 0.15) is 12.7 Å². The average molecular weight is 190 g/mol. The van der Waals surface area contributed by atoms with Crippen molar-refractivity contribution in [2.24, 2.45) is 0 Å². The van der Waals surface area contributed by atoms with Gasteiger partial charge in [-0.3, -0.25) is 4.68 Å². The van der Waals surface area contributed by atoms with Crippen molar-refractivity contribution >= 4 is 0 Å². The Morgan fingerprint density at radius 2 is 2.14 bits per heavy atom. The fourth-order valence-corrected chi connectivity index (χ4v) is 1.50. The maximum absolute atomic E-state index is 4.27. The molecule has 0 amide bonds. The van der Waals surface area contributed by atoms with Crippen molar-refractivity contribution in [3.8, 4) is 0 Å². The fraction of sp³-hybridized carbons (Fsp3) is 0.400. The van der Waals surface area contributed by atoms with Crippen molar-refractivity contribution < 1.29 is 0 Å². The molecule has 0 spiro atoms. The Morgan fingerprint density at radius 3 is 2.86 bits per heavy atom. The molecule has 0 radical (unpaired) electrons. The third-order valence-corrected chi connectivity index (χ3v) is 2.25. The van der Waals surface area contributed by atoms with Gasteiger partial charge in [0.2, 0.25) is 0 Å². The summed E-state index contributed by atoms with van der Waals surface area (Å²) in [6, 6.07) is 1.94. The van der Waals surface area contributed by atoms with Crippen LogP contribution in [-0.2, 0) is 19.5 Å². The molecule has 2 aromatic rings.